The predicted octanol–water partition coefficient (Wildman–Crippen LogP) is 1.13. The molecule has 19 heavy (non-hydrogen) atoms. The molecule has 6 heteroatoms. The average Bonchev–Trinajstić information content (AvgIpc) is 2.89. The Kier molecular flexibility index (Phi) is 3.33. The lowest BCUT2D eigenvalue weighted by Crippen LogP contribution is -2.25. The Labute approximate surface area is 109 Å². The Morgan fingerprint density at radius 3 is 2.95 bits per heavy atom. The minimum atomic E-state index is -0.410. The van der Waals surface area contributed by atoms with Gasteiger partial charge in [-0.25, -0.2) is 0 Å². The van der Waals surface area contributed by atoms with Crippen LogP contribution in [0, 0.1) is 0 Å². The fourth-order valence-electron chi connectivity index (χ4n) is 2.01. The number of hydrogen-bond donors (Lipinski definition) is 0. The van der Waals surface area contributed by atoms with E-state index in [4.69, 9.17) is 9.26 Å². The summed E-state index contributed by atoms with van der Waals surface area (Å²) < 4.78 is 10.4. The first kappa shape index (κ1) is 12.0. The minimum Gasteiger partial charge on any atom is -0.380 e. The zero-order valence-corrected chi connectivity index (χ0v) is 10.3. The van der Waals surface area contributed by atoms with Gasteiger partial charge in [0.15, 0.2) is 5.82 Å². The number of carbonyl (C=O) groups excluding carboxylic acids is 1. The number of rotatable bonds is 3. The molecular weight excluding hydrogens is 246 g/mol. The first-order valence-corrected chi connectivity index (χ1v) is 6.15. The van der Waals surface area contributed by atoms with Gasteiger partial charge in [-0.1, -0.05) is 5.16 Å². The van der Waals surface area contributed by atoms with Crippen molar-refractivity contribution < 1.29 is 14.1 Å². The van der Waals surface area contributed by atoms with Gasteiger partial charge in [-0.15, -0.1) is 0 Å². The molecule has 0 radical (unpaired) electrons. The van der Waals surface area contributed by atoms with E-state index in [1.807, 2.05) is 12.1 Å². The molecule has 0 saturated carbocycles. The number of nitrogens with zero attached hydrogens (tertiary/aromatic N) is 3. The summed E-state index contributed by atoms with van der Waals surface area (Å²) in [5.74, 6) is 0.617. The second-order valence-electron chi connectivity index (χ2n) is 4.42. The standard InChI is InChI=1S/C13H13N3O3/c17-11-3-6-18-8-10(11)13-15-12(16-19-13)7-9-1-4-14-5-2-9/h1-2,4-5,10H,3,6-8H2. The number of aromatic nitrogens is 3. The molecule has 1 fully saturated rings. The molecule has 2 aromatic rings. The molecule has 3 rings (SSSR count). The van der Waals surface area contributed by atoms with Gasteiger partial charge in [0, 0.05) is 25.2 Å². The van der Waals surface area contributed by atoms with E-state index in [0.29, 0.717) is 37.8 Å². The van der Waals surface area contributed by atoms with Crippen molar-refractivity contribution in [2.75, 3.05) is 13.2 Å². The SMILES string of the molecule is O=C1CCOCC1c1nc(Cc2ccncc2)no1. The molecular formula is C13H13N3O3. The first-order chi connectivity index (χ1) is 9.33. The summed E-state index contributed by atoms with van der Waals surface area (Å²) in [6.07, 6.45) is 4.41. The molecule has 1 unspecified atom stereocenters. The second-order valence-corrected chi connectivity index (χ2v) is 4.42. The Balaban J connectivity index is 1.74. The van der Waals surface area contributed by atoms with Gasteiger partial charge in [0.2, 0.25) is 5.89 Å². The van der Waals surface area contributed by atoms with Crippen molar-refractivity contribution in [3.8, 4) is 0 Å². The van der Waals surface area contributed by atoms with Crippen LogP contribution >= 0.6 is 0 Å². The van der Waals surface area contributed by atoms with Crippen molar-refractivity contribution >= 4 is 5.78 Å². The van der Waals surface area contributed by atoms with Crippen molar-refractivity contribution in [2.24, 2.45) is 0 Å². The van der Waals surface area contributed by atoms with Crippen LogP contribution in [0.15, 0.2) is 29.0 Å². The van der Waals surface area contributed by atoms with E-state index in [1.165, 1.54) is 0 Å². The maximum Gasteiger partial charge on any atom is 0.239 e. The Hall–Kier alpha value is -2.08. The number of hydrogen-bond acceptors (Lipinski definition) is 6. The lowest BCUT2D eigenvalue weighted by molar-refractivity contribution is -0.127. The van der Waals surface area contributed by atoms with Gasteiger partial charge in [0.05, 0.1) is 13.2 Å². The first-order valence-electron chi connectivity index (χ1n) is 6.15. The van der Waals surface area contributed by atoms with Crippen molar-refractivity contribution in [1.82, 2.24) is 15.1 Å². The molecule has 1 aliphatic rings. The molecule has 3 heterocycles. The Bertz CT molecular complexity index is 568. The minimum absolute atomic E-state index is 0.102. The van der Waals surface area contributed by atoms with Crippen molar-refractivity contribution in [3.63, 3.8) is 0 Å². The zero-order valence-electron chi connectivity index (χ0n) is 10.3. The maximum absolute atomic E-state index is 11.7. The van der Waals surface area contributed by atoms with Crippen LogP contribution in [0.2, 0.25) is 0 Å². The number of ether oxygens (including phenoxy) is 1. The normalized spacial score (nSPS) is 19.6. The molecule has 0 spiro atoms. The van der Waals surface area contributed by atoms with E-state index >= 15 is 0 Å². The van der Waals surface area contributed by atoms with Gasteiger partial charge in [-0.2, -0.15) is 4.98 Å². The zero-order chi connectivity index (χ0) is 13.1. The van der Waals surface area contributed by atoms with E-state index in [1.54, 1.807) is 12.4 Å². The summed E-state index contributed by atoms with van der Waals surface area (Å²) in [6, 6.07) is 3.79. The predicted molar refractivity (Wildman–Crippen MR) is 64.5 cm³/mol. The summed E-state index contributed by atoms with van der Waals surface area (Å²) in [5.41, 5.74) is 1.05. The molecule has 0 amide bonds. The van der Waals surface area contributed by atoms with Gasteiger partial charge >= 0.3 is 0 Å². The van der Waals surface area contributed by atoms with Crippen molar-refractivity contribution in [3.05, 3.63) is 41.8 Å². The van der Waals surface area contributed by atoms with Gasteiger partial charge < -0.3 is 9.26 Å². The molecule has 0 bridgehead atoms. The largest absolute Gasteiger partial charge is 0.380 e. The fourth-order valence-corrected chi connectivity index (χ4v) is 2.01. The van der Waals surface area contributed by atoms with E-state index in [0.717, 1.165) is 5.56 Å². The summed E-state index contributed by atoms with van der Waals surface area (Å²) in [5, 5.41) is 3.91. The highest BCUT2D eigenvalue weighted by Crippen LogP contribution is 2.21. The highest BCUT2D eigenvalue weighted by molar-refractivity contribution is 5.85. The summed E-state index contributed by atoms with van der Waals surface area (Å²) in [6.45, 7) is 0.809. The molecule has 1 aliphatic heterocycles. The third-order valence-corrected chi connectivity index (χ3v) is 3.06. The van der Waals surface area contributed by atoms with Crippen molar-refractivity contribution in [1.29, 1.82) is 0 Å². The number of Topliss-reactive ketones (excluding diaryl/α,β-unsaturated/α-hetero) is 1. The average molecular weight is 259 g/mol. The lowest BCUT2D eigenvalue weighted by atomic mass is 10.0. The smallest absolute Gasteiger partial charge is 0.239 e. The molecule has 0 aliphatic carbocycles. The topological polar surface area (TPSA) is 78.1 Å². The van der Waals surface area contributed by atoms with Gasteiger partial charge in [0.1, 0.15) is 11.7 Å². The number of ketones is 1. The van der Waals surface area contributed by atoms with E-state index in [-0.39, 0.29) is 5.78 Å². The van der Waals surface area contributed by atoms with Crippen LogP contribution in [0.25, 0.3) is 0 Å². The number of pyridine rings is 1. The van der Waals surface area contributed by atoms with Crippen LogP contribution in [0.5, 0.6) is 0 Å². The quantitative estimate of drug-likeness (QED) is 0.822. The fraction of sp³-hybridized carbons (Fsp3) is 0.385. The van der Waals surface area contributed by atoms with Gasteiger partial charge in [-0.3, -0.25) is 9.78 Å². The molecule has 1 atom stereocenters. The molecule has 0 N–H and O–H groups in total. The number of carbonyl (C=O) groups is 1. The summed E-state index contributed by atoms with van der Waals surface area (Å²) >= 11 is 0. The van der Waals surface area contributed by atoms with Crippen LogP contribution in [0.1, 0.15) is 29.6 Å². The van der Waals surface area contributed by atoms with Gasteiger partial charge in [-0.05, 0) is 17.7 Å². The summed E-state index contributed by atoms with van der Waals surface area (Å²) in [4.78, 5) is 20.0. The van der Waals surface area contributed by atoms with E-state index in [2.05, 4.69) is 15.1 Å². The third-order valence-electron chi connectivity index (χ3n) is 3.06. The van der Waals surface area contributed by atoms with Crippen LogP contribution in [-0.2, 0) is 16.0 Å². The highest BCUT2D eigenvalue weighted by atomic mass is 16.5. The maximum atomic E-state index is 11.7. The molecule has 0 aromatic carbocycles. The van der Waals surface area contributed by atoms with E-state index in [9.17, 15) is 4.79 Å². The molecule has 2 aromatic heterocycles. The highest BCUT2D eigenvalue weighted by Gasteiger charge is 2.29. The Morgan fingerprint density at radius 2 is 2.16 bits per heavy atom. The second kappa shape index (κ2) is 5.27. The molecule has 98 valence electrons. The van der Waals surface area contributed by atoms with Crippen LogP contribution in [-0.4, -0.2) is 34.1 Å². The van der Waals surface area contributed by atoms with Crippen molar-refractivity contribution in [2.45, 2.75) is 18.8 Å². The van der Waals surface area contributed by atoms with Gasteiger partial charge in [0.25, 0.3) is 0 Å². The molecule has 1 saturated heterocycles. The van der Waals surface area contributed by atoms with Crippen LogP contribution < -0.4 is 0 Å². The Morgan fingerprint density at radius 1 is 1.32 bits per heavy atom. The monoisotopic (exact) mass is 259 g/mol. The molecule has 6 nitrogen and oxygen atoms in total. The lowest BCUT2D eigenvalue weighted by Gasteiger charge is -2.17. The van der Waals surface area contributed by atoms with Crippen LogP contribution in [0.4, 0.5) is 0 Å². The third kappa shape index (κ3) is 2.68. The summed E-state index contributed by atoms with van der Waals surface area (Å²) in [7, 11) is 0. The van der Waals surface area contributed by atoms with E-state index < -0.39 is 5.92 Å². The van der Waals surface area contributed by atoms with Crippen LogP contribution in [0.3, 0.4) is 0 Å².